The predicted molar refractivity (Wildman–Crippen MR) is 78.9 cm³/mol. The molecule has 2 rings (SSSR count). The Morgan fingerprint density at radius 3 is 2.67 bits per heavy atom. The van der Waals surface area contributed by atoms with Gasteiger partial charge in [0.25, 0.3) is 0 Å². The zero-order valence-electron chi connectivity index (χ0n) is 12.6. The van der Waals surface area contributed by atoms with E-state index in [9.17, 15) is 0 Å². The third kappa shape index (κ3) is 3.71. The Morgan fingerprint density at radius 2 is 2.00 bits per heavy atom. The van der Waals surface area contributed by atoms with E-state index in [0.29, 0.717) is 6.04 Å². The van der Waals surface area contributed by atoms with E-state index in [2.05, 4.69) is 31.0 Å². The second-order valence-corrected chi connectivity index (χ2v) is 6.70. The molecule has 0 amide bonds. The molecule has 0 aromatic carbocycles. The van der Waals surface area contributed by atoms with Gasteiger partial charge < -0.3 is 5.32 Å². The number of rotatable bonds is 5. The van der Waals surface area contributed by atoms with Crippen LogP contribution in [0, 0.1) is 11.8 Å². The van der Waals surface area contributed by atoms with Gasteiger partial charge in [0.15, 0.2) is 0 Å². The maximum absolute atomic E-state index is 3.66. The van der Waals surface area contributed by atoms with Crippen LogP contribution < -0.4 is 5.32 Å². The van der Waals surface area contributed by atoms with E-state index in [4.69, 9.17) is 0 Å². The van der Waals surface area contributed by atoms with Crippen molar-refractivity contribution in [2.24, 2.45) is 11.8 Å². The van der Waals surface area contributed by atoms with Gasteiger partial charge in [-0.2, -0.15) is 0 Å². The standard InChI is InChI=1S/C16H32N2/c1-4-13(2)16-11-17-14(3)12-18(16)10-9-15-7-5-6-8-15/h13-17H,4-12H2,1-3H3. The smallest absolute Gasteiger partial charge is 0.0246 e. The van der Waals surface area contributed by atoms with Gasteiger partial charge in [0.1, 0.15) is 0 Å². The first-order chi connectivity index (χ1) is 8.70. The molecule has 1 saturated carbocycles. The molecule has 1 aliphatic heterocycles. The van der Waals surface area contributed by atoms with Gasteiger partial charge in [-0.15, -0.1) is 0 Å². The van der Waals surface area contributed by atoms with Crippen LogP contribution in [-0.4, -0.2) is 36.6 Å². The predicted octanol–water partition coefficient (Wildman–Crippen LogP) is 3.28. The lowest BCUT2D eigenvalue weighted by Gasteiger charge is -2.42. The Hall–Kier alpha value is -0.0800. The fourth-order valence-corrected chi connectivity index (χ4v) is 3.74. The highest BCUT2D eigenvalue weighted by Crippen LogP contribution is 2.28. The normalized spacial score (nSPS) is 32.8. The zero-order chi connectivity index (χ0) is 13.0. The van der Waals surface area contributed by atoms with Crippen LogP contribution in [0.15, 0.2) is 0 Å². The summed E-state index contributed by atoms with van der Waals surface area (Å²) in [5, 5.41) is 3.66. The molecule has 3 atom stereocenters. The minimum atomic E-state index is 0.675. The number of nitrogens with zero attached hydrogens (tertiary/aromatic N) is 1. The molecule has 2 fully saturated rings. The van der Waals surface area contributed by atoms with Crippen LogP contribution in [0.3, 0.4) is 0 Å². The van der Waals surface area contributed by atoms with Crippen molar-refractivity contribution in [3.05, 3.63) is 0 Å². The minimum absolute atomic E-state index is 0.675. The summed E-state index contributed by atoms with van der Waals surface area (Å²) in [5.41, 5.74) is 0. The molecule has 2 heteroatoms. The first-order valence-corrected chi connectivity index (χ1v) is 8.18. The molecule has 2 aliphatic rings. The molecule has 0 radical (unpaired) electrons. The summed E-state index contributed by atoms with van der Waals surface area (Å²) in [6, 6.07) is 1.45. The maximum atomic E-state index is 3.66. The van der Waals surface area contributed by atoms with E-state index in [0.717, 1.165) is 17.9 Å². The monoisotopic (exact) mass is 252 g/mol. The van der Waals surface area contributed by atoms with Gasteiger partial charge in [0, 0.05) is 25.2 Å². The third-order valence-corrected chi connectivity index (χ3v) is 5.25. The quantitative estimate of drug-likeness (QED) is 0.808. The van der Waals surface area contributed by atoms with Crippen molar-refractivity contribution in [3.8, 4) is 0 Å². The topological polar surface area (TPSA) is 15.3 Å². The van der Waals surface area contributed by atoms with E-state index in [1.807, 2.05) is 0 Å². The Labute approximate surface area is 114 Å². The number of hydrogen-bond donors (Lipinski definition) is 1. The highest BCUT2D eigenvalue weighted by molar-refractivity contribution is 4.87. The third-order valence-electron chi connectivity index (χ3n) is 5.25. The number of piperazine rings is 1. The fourth-order valence-electron chi connectivity index (χ4n) is 3.74. The molecule has 3 unspecified atom stereocenters. The Morgan fingerprint density at radius 1 is 1.28 bits per heavy atom. The van der Waals surface area contributed by atoms with Gasteiger partial charge in [-0.05, 0) is 31.7 Å². The van der Waals surface area contributed by atoms with E-state index >= 15 is 0 Å². The van der Waals surface area contributed by atoms with Gasteiger partial charge in [-0.1, -0.05) is 46.0 Å². The fraction of sp³-hybridized carbons (Fsp3) is 1.00. The van der Waals surface area contributed by atoms with Gasteiger partial charge in [0.05, 0.1) is 0 Å². The van der Waals surface area contributed by atoms with Crippen LogP contribution in [0.25, 0.3) is 0 Å². The van der Waals surface area contributed by atoms with Crippen LogP contribution in [-0.2, 0) is 0 Å². The maximum Gasteiger partial charge on any atom is 0.0246 e. The first kappa shape index (κ1) is 14.3. The van der Waals surface area contributed by atoms with E-state index < -0.39 is 0 Å². The molecule has 0 spiro atoms. The molecule has 0 aromatic heterocycles. The number of nitrogens with one attached hydrogen (secondary N) is 1. The SMILES string of the molecule is CCC(C)C1CNC(C)CN1CCC1CCCC1. The molecular weight excluding hydrogens is 220 g/mol. The van der Waals surface area contributed by atoms with Gasteiger partial charge in [0.2, 0.25) is 0 Å². The average molecular weight is 252 g/mol. The highest BCUT2D eigenvalue weighted by atomic mass is 15.2. The molecule has 0 aromatic rings. The molecule has 1 saturated heterocycles. The second kappa shape index (κ2) is 6.91. The minimum Gasteiger partial charge on any atom is -0.311 e. The van der Waals surface area contributed by atoms with Crippen LogP contribution >= 0.6 is 0 Å². The number of hydrogen-bond acceptors (Lipinski definition) is 2. The molecule has 1 heterocycles. The van der Waals surface area contributed by atoms with Crippen molar-refractivity contribution in [3.63, 3.8) is 0 Å². The van der Waals surface area contributed by atoms with Crippen molar-refractivity contribution in [1.29, 1.82) is 0 Å². The lowest BCUT2D eigenvalue weighted by molar-refractivity contribution is 0.0895. The summed E-state index contributed by atoms with van der Waals surface area (Å²) < 4.78 is 0. The van der Waals surface area contributed by atoms with Crippen molar-refractivity contribution in [2.75, 3.05) is 19.6 Å². The van der Waals surface area contributed by atoms with Gasteiger partial charge in [-0.25, -0.2) is 0 Å². The summed E-state index contributed by atoms with van der Waals surface area (Å²) >= 11 is 0. The van der Waals surface area contributed by atoms with E-state index in [1.54, 1.807) is 0 Å². The molecule has 106 valence electrons. The summed E-state index contributed by atoms with van der Waals surface area (Å²) in [7, 11) is 0. The summed E-state index contributed by atoms with van der Waals surface area (Å²) in [6.45, 7) is 10.9. The van der Waals surface area contributed by atoms with Crippen molar-refractivity contribution in [1.82, 2.24) is 10.2 Å². The van der Waals surface area contributed by atoms with Crippen LogP contribution in [0.5, 0.6) is 0 Å². The Bertz CT molecular complexity index is 235. The lowest BCUT2D eigenvalue weighted by atomic mass is 9.93. The Balaban J connectivity index is 1.84. The molecular formula is C16H32N2. The first-order valence-electron chi connectivity index (χ1n) is 8.18. The van der Waals surface area contributed by atoms with Crippen LogP contribution in [0.2, 0.25) is 0 Å². The largest absolute Gasteiger partial charge is 0.311 e. The Kier molecular flexibility index (Phi) is 5.50. The van der Waals surface area contributed by atoms with E-state index in [-0.39, 0.29) is 0 Å². The molecule has 2 nitrogen and oxygen atoms in total. The van der Waals surface area contributed by atoms with Crippen molar-refractivity contribution < 1.29 is 0 Å². The molecule has 0 bridgehead atoms. The van der Waals surface area contributed by atoms with Crippen LogP contribution in [0.4, 0.5) is 0 Å². The average Bonchev–Trinajstić information content (AvgIpc) is 2.88. The van der Waals surface area contributed by atoms with Gasteiger partial charge in [-0.3, -0.25) is 4.90 Å². The molecule has 1 N–H and O–H groups in total. The van der Waals surface area contributed by atoms with Gasteiger partial charge >= 0.3 is 0 Å². The summed E-state index contributed by atoms with van der Waals surface area (Å²) in [5.74, 6) is 1.86. The van der Waals surface area contributed by atoms with Crippen molar-refractivity contribution >= 4 is 0 Å². The van der Waals surface area contributed by atoms with Crippen LogP contribution in [0.1, 0.15) is 59.3 Å². The molecule has 18 heavy (non-hydrogen) atoms. The zero-order valence-corrected chi connectivity index (χ0v) is 12.6. The lowest BCUT2D eigenvalue weighted by Crippen LogP contribution is -2.57. The second-order valence-electron chi connectivity index (χ2n) is 6.70. The highest BCUT2D eigenvalue weighted by Gasteiger charge is 2.29. The molecule has 1 aliphatic carbocycles. The summed E-state index contributed by atoms with van der Waals surface area (Å²) in [6.07, 6.45) is 8.71. The summed E-state index contributed by atoms with van der Waals surface area (Å²) in [4.78, 5) is 2.79. The van der Waals surface area contributed by atoms with E-state index in [1.165, 1.54) is 58.2 Å². The van der Waals surface area contributed by atoms with Crippen molar-refractivity contribution in [2.45, 2.75) is 71.4 Å².